The molecule has 0 saturated carbocycles. The summed E-state index contributed by atoms with van der Waals surface area (Å²) < 4.78 is 0. The molecular weight excluding hydrogens is 318 g/mol. The van der Waals surface area contributed by atoms with E-state index in [9.17, 15) is 19.7 Å². The fraction of sp³-hybridized carbons (Fsp3) is 0.133. The van der Waals surface area contributed by atoms with Crippen LogP contribution < -0.4 is 5.32 Å². The van der Waals surface area contributed by atoms with Crippen LogP contribution in [0.1, 0.15) is 27.9 Å². The molecular formula is C15H13N3O4S. The van der Waals surface area contributed by atoms with Crippen LogP contribution in [0.25, 0.3) is 6.08 Å². The van der Waals surface area contributed by atoms with E-state index in [1.807, 2.05) is 0 Å². The Morgan fingerprint density at radius 3 is 2.48 bits per heavy atom. The first-order valence-corrected chi connectivity index (χ1v) is 7.40. The predicted molar refractivity (Wildman–Crippen MR) is 87.6 cm³/mol. The lowest BCUT2D eigenvalue weighted by Crippen LogP contribution is -2.07. The number of aromatic nitrogens is 1. The predicted octanol–water partition coefficient (Wildman–Crippen LogP) is 3.21. The number of Topliss-reactive ketones (excluding diaryl/α,β-unsaturated/α-hetero) is 1. The SMILES string of the molecule is CC(=O)c1sc(NC(=O)/C=C/c2ccc([N+](=O)[O-])cc2)nc1C. The van der Waals surface area contributed by atoms with E-state index in [2.05, 4.69) is 10.3 Å². The minimum absolute atomic E-state index is 0.0124. The number of hydrogen-bond acceptors (Lipinski definition) is 6. The van der Waals surface area contributed by atoms with Crippen LogP contribution in [0.2, 0.25) is 0 Å². The zero-order valence-corrected chi connectivity index (χ0v) is 13.2. The number of ketones is 1. The molecule has 7 nitrogen and oxygen atoms in total. The van der Waals surface area contributed by atoms with Crippen molar-refractivity contribution in [2.75, 3.05) is 5.32 Å². The molecule has 1 aromatic heterocycles. The average molecular weight is 331 g/mol. The van der Waals surface area contributed by atoms with E-state index >= 15 is 0 Å². The van der Waals surface area contributed by atoms with Gasteiger partial charge in [0.05, 0.1) is 15.5 Å². The number of aryl methyl sites for hydroxylation is 1. The van der Waals surface area contributed by atoms with E-state index < -0.39 is 10.8 Å². The lowest BCUT2D eigenvalue weighted by Gasteiger charge is -1.96. The Labute approximate surface area is 135 Å². The first kappa shape index (κ1) is 16.5. The molecule has 0 aliphatic rings. The Bertz CT molecular complexity index is 794. The van der Waals surface area contributed by atoms with Crippen LogP contribution in [0.4, 0.5) is 10.8 Å². The monoisotopic (exact) mass is 331 g/mol. The molecule has 0 fully saturated rings. The third kappa shape index (κ3) is 4.30. The maximum absolute atomic E-state index is 11.8. The van der Waals surface area contributed by atoms with Gasteiger partial charge in [-0.15, -0.1) is 0 Å². The normalized spacial score (nSPS) is 10.7. The fourth-order valence-electron chi connectivity index (χ4n) is 1.80. The molecule has 118 valence electrons. The third-order valence-electron chi connectivity index (χ3n) is 2.88. The number of benzene rings is 1. The van der Waals surface area contributed by atoms with Gasteiger partial charge in [0.15, 0.2) is 10.9 Å². The molecule has 2 rings (SSSR count). The lowest BCUT2D eigenvalue weighted by molar-refractivity contribution is -0.384. The number of non-ortho nitro benzene ring substituents is 1. The van der Waals surface area contributed by atoms with Gasteiger partial charge < -0.3 is 0 Å². The first-order chi connectivity index (χ1) is 10.9. The standard InChI is InChI=1S/C15H13N3O4S/c1-9-14(10(2)19)23-15(16-9)17-13(20)8-5-11-3-6-12(7-4-11)18(21)22/h3-8H,1-2H3,(H,16,17,20)/b8-5+. The van der Waals surface area contributed by atoms with Crippen LogP contribution in [0.5, 0.6) is 0 Å². The van der Waals surface area contributed by atoms with Gasteiger partial charge >= 0.3 is 0 Å². The van der Waals surface area contributed by atoms with Crippen molar-refractivity contribution in [1.29, 1.82) is 0 Å². The zero-order valence-electron chi connectivity index (χ0n) is 12.4. The van der Waals surface area contributed by atoms with Crippen molar-refractivity contribution >= 4 is 39.9 Å². The second kappa shape index (κ2) is 6.93. The molecule has 1 aromatic carbocycles. The van der Waals surface area contributed by atoms with E-state index in [0.717, 1.165) is 11.3 Å². The van der Waals surface area contributed by atoms with E-state index in [4.69, 9.17) is 0 Å². The van der Waals surface area contributed by atoms with Gasteiger partial charge in [0, 0.05) is 25.1 Å². The quantitative estimate of drug-likeness (QED) is 0.392. The van der Waals surface area contributed by atoms with Crippen LogP contribution >= 0.6 is 11.3 Å². The second-order valence-corrected chi connectivity index (χ2v) is 5.66. The number of anilines is 1. The summed E-state index contributed by atoms with van der Waals surface area (Å²) in [7, 11) is 0. The molecule has 0 unspecified atom stereocenters. The number of hydrogen-bond donors (Lipinski definition) is 1. The Hall–Kier alpha value is -2.87. The highest BCUT2D eigenvalue weighted by molar-refractivity contribution is 7.17. The number of nitrogens with one attached hydrogen (secondary N) is 1. The smallest absolute Gasteiger partial charge is 0.269 e. The van der Waals surface area contributed by atoms with E-state index in [1.165, 1.54) is 31.2 Å². The maximum Gasteiger partial charge on any atom is 0.269 e. The summed E-state index contributed by atoms with van der Waals surface area (Å²) in [5.74, 6) is -0.492. The first-order valence-electron chi connectivity index (χ1n) is 6.58. The van der Waals surface area contributed by atoms with Crippen LogP contribution in [-0.4, -0.2) is 21.6 Å². The fourth-order valence-corrected chi connectivity index (χ4v) is 2.67. The van der Waals surface area contributed by atoms with E-state index in [1.54, 1.807) is 19.1 Å². The largest absolute Gasteiger partial charge is 0.298 e. The summed E-state index contributed by atoms with van der Waals surface area (Å²) in [4.78, 5) is 37.9. The van der Waals surface area contributed by atoms with Crippen molar-refractivity contribution < 1.29 is 14.5 Å². The van der Waals surface area contributed by atoms with Gasteiger partial charge in [0.25, 0.3) is 5.69 Å². The number of rotatable bonds is 5. The zero-order chi connectivity index (χ0) is 17.0. The molecule has 1 heterocycles. The van der Waals surface area contributed by atoms with Gasteiger partial charge in [-0.1, -0.05) is 11.3 Å². The maximum atomic E-state index is 11.8. The van der Waals surface area contributed by atoms with Crippen molar-refractivity contribution in [3.63, 3.8) is 0 Å². The molecule has 0 atom stereocenters. The Kier molecular flexibility index (Phi) is 4.97. The van der Waals surface area contributed by atoms with Gasteiger partial charge in [-0.3, -0.25) is 25.0 Å². The van der Waals surface area contributed by atoms with Crippen LogP contribution in [-0.2, 0) is 4.79 Å². The highest BCUT2D eigenvalue weighted by Crippen LogP contribution is 2.22. The van der Waals surface area contributed by atoms with Crippen molar-refractivity contribution in [2.24, 2.45) is 0 Å². The molecule has 1 N–H and O–H groups in total. The topological polar surface area (TPSA) is 102 Å². The van der Waals surface area contributed by atoms with Gasteiger partial charge in [0.2, 0.25) is 5.91 Å². The molecule has 0 bridgehead atoms. The Morgan fingerprint density at radius 1 is 1.30 bits per heavy atom. The summed E-state index contributed by atoms with van der Waals surface area (Å²) in [5, 5.41) is 13.5. The highest BCUT2D eigenvalue weighted by Gasteiger charge is 2.12. The molecule has 0 saturated heterocycles. The number of carbonyl (C=O) groups is 2. The van der Waals surface area contributed by atoms with Gasteiger partial charge in [0.1, 0.15) is 0 Å². The highest BCUT2D eigenvalue weighted by atomic mass is 32.1. The molecule has 8 heteroatoms. The van der Waals surface area contributed by atoms with Gasteiger partial charge in [-0.2, -0.15) is 0 Å². The van der Waals surface area contributed by atoms with E-state index in [-0.39, 0.29) is 11.5 Å². The summed E-state index contributed by atoms with van der Waals surface area (Å²) in [6.07, 6.45) is 2.83. The number of amides is 1. The molecule has 0 aliphatic carbocycles. The molecule has 1 amide bonds. The third-order valence-corrected chi connectivity index (χ3v) is 4.05. The van der Waals surface area contributed by atoms with Gasteiger partial charge in [-0.25, -0.2) is 4.98 Å². The van der Waals surface area contributed by atoms with Crippen molar-refractivity contribution in [3.05, 3.63) is 56.6 Å². The molecule has 0 radical (unpaired) electrons. The number of nitro benzene ring substituents is 1. The number of nitro groups is 1. The molecule has 23 heavy (non-hydrogen) atoms. The number of nitrogens with zero attached hydrogens (tertiary/aromatic N) is 2. The second-order valence-electron chi connectivity index (χ2n) is 4.66. The summed E-state index contributed by atoms with van der Waals surface area (Å²) in [6.45, 7) is 3.15. The lowest BCUT2D eigenvalue weighted by atomic mass is 10.2. The van der Waals surface area contributed by atoms with Crippen molar-refractivity contribution in [3.8, 4) is 0 Å². The van der Waals surface area contributed by atoms with Gasteiger partial charge in [-0.05, 0) is 30.7 Å². The molecule has 0 aliphatic heterocycles. The minimum Gasteiger partial charge on any atom is -0.298 e. The Morgan fingerprint density at radius 2 is 1.96 bits per heavy atom. The summed E-state index contributed by atoms with van der Waals surface area (Å²) >= 11 is 1.12. The molecule has 0 spiro atoms. The summed E-state index contributed by atoms with van der Waals surface area (Å²) in [6, 6.07) is 5.81. The van der Waals surface area contributed by atoms with Crippen LogP contribution in [0.3, 0.4) is 0 Å². The molecule has 2 aromatic rings. The number of carbonyl (C=O) groups excluding carboxylic acids is 2. The van der Waals surface area contributed by atoms with Crippen LogP contribution in [0, 0.1) is 17.0 Å². The van der Waals surface area contributed by atoms with E-state index in [0.29, 0.717) is 21.3 Å². The van der Waals surface area contributed by atoms with Crippen molar-refractivity contribution in [2.45, 2.75) is 13.8 Å². The van der Waals surface area contributed by atoms with Crippen molar-refractivity contribution in [1.82, 2.24) is 4.98 Å². The summed E-state index contributed by atoms with van der Waals surface area (Å²) in [5.41, 5.74) is 1.23. The van der Waals surface area contributed by atoms with Crippen LogP contribution in [0.15, 0.2) is 30.3 Å². The average Bonchev–Trinajstić information content (AvgIpc) is 2.86. The number of thiazole rings is 1. The Balaban J connectivity index is 2.02. The minimum atomic E-state index is -0.488.